The number of hydrogen-bond acceptors (Lipinski definition) is 3. The van der Waals surface area contributed by atoms with Crippen LogP contribution in [-0.4, -0.2) is 25.8 Å². The first kappa shape index (κ1) is 14.3. The standard InChI is InChI=1S/C13H19FN2O2S/c14-11-7-6-8-12(13(11)15)19(17,18)16-9-4-2-1-3-5-10-16/h6-8H,1-5,9-10,15H2. The molecule has 1 fully saturated rings. The van der Waals surface area contributed by atoms with Crippen molar-refractivity contribution in [2.75, 3.05) is 18.8 Å². The van der Waals surface area contributed by atoms with Gasteiger partial charge in [0, 0.05) is 13.1 Å². The Labute approximate surface area is 113 Å². The van der Waals surface area contributed by atoms with Crippen LogP contribution in [-0.2, 0) is 10.0 Å². The Hall–Kier alpha value is -1.14. The zero-order valence-electron chi connectivity index (χ0n) is 10.8. The van der Waals surface area contributed by atoms with Gasteiger partial charge in [-0.1, -0.05) is 25.3 Å². The monoisotopic (exact) mass is 286 g/mol. The first-order valence-corrected chi connectivity index (χ1v) is 8.01. The quantitative estimate of drug-likeness (QED) is 0.849. The topological polar surface area (TPSA) is 63.4 Å². The number of rotatable bonds is 2. The molecule has 0 radical (unpaired) electrons. The molecule has 1 aromatic carbocycles. The smallest absolute Gasteiger partial charge is 0.245 e. The lowest BCUT2D eigenvalue weighted by molar-refractivity contribution is 0.364. The molecule has 2 rings (SSSR count). The minimum Gasteiger partial charge on any atom is -0.395 e. The van der Waals surface area contributed by atoms with E-state index in [4.69, 9.17) is 5.73 Å². The van der Waals surface area contributed by atoms with Gasteiger partial charge in [-0.15, -0.1) is 0 Å². The Kier molecular flexibility index (Phi) is 4.42. The van der Waals surface area contributed by atoms with Crippen molar-refractivity contribution in [3.05, 3.63) is 24.0 Å². The molecule has 6 heteroatoms. The van der Waals surface area contributed by atoms with Crippen molar-refractivity contribution in [3.63, 3.8) is 0 Å². The van der Waals surface area contributed by atoms with Crippen molar-refractivity contribution in [1.82, 2.24) is 4.31 Å². The average Bonchev–Trinajstić information content (AvgIpc) is 2.31. The molecule has 0 unspecified atom stereocenters. The molecule has 0 amide bonds. The van der Waals surface area contributed by atoms with E-state index in [1.807, 2.05) is 0 Å². The molecular weight excluding hydrogens is 267 g/mol. The molecular formula is C13H19FN2O2S. The van der Waals surface area contributed by atoms with Gasteiger partial charge in [-0.3, -0.25) is 0 Å². The van der Waals surface area contributed by atoms with Crippen LogP contribution >= 0.6 is 0 Å². The van der Waals surface area contributed by atoms with E-state index in [1.165, 1.54) is 22.5 Å². The molecule has 0 spiro atoms. The normalized spacial score (nSPS) is 18.8. The van der Waals surface area contributed by atoms with Crippen LogP contribution in [0, 0.1) is 5.82 Å². The van der Waals surface area contributed by atoms with E-state index < -0.39 is 15.8 Å². The molecule has 1 saturated heterocycles. The van der Waals surface area contributed by atoms with E-state index in [2.05, 4.69) is 0 Å². The highest BCUT2D eigenvalue weighted by atomic mass is 32.2. The molecule has 1 heterocycles. The van der Waals surface area contributed by atoms with Gasteiger partial charge in [0.05, 0.1) is 5.69 Å². The van der Waals surface area contributed by atoms with E-state index in [-0.39, 0.29) is 10.6 Å². The summed E-state index contributed by atoms with van der Waals surface area (Å²) < 4.78 is 39.9. The molecule has 0 saturated carbocycles. The van der Waals surface area contributed by atoms with E-state index in [0.29, 0.717) is 13.1 Å². The van der Waals surface area contributed by atoms with Crippen LogP contribution in [0.3, 0.4) is 0 Å². The van der Waals surface area contributed by atoms with Crippen LogP contribution < -0.4 is 5.73 Å². The van der Waals surface area contributed by atoms with Gasteiger partial charge in [-0.2, -0.15) is 4.31 Å². The second-order valence-corrected chi connectivity index (χ2v) is 6.73. The molecule has 0 aromatic heterocycles. The van der Waals surface area contributed by atoms with Crippen LogP contribution in [0.2, 0.25) is 0 Å². The lowest BCUT2D eigenvalue weighted by Crippen LogP contribution is -2.34. The van der Waals surface area contributed by atoms with E-state index >= 15 is 0 Å². The molecule has 106 valence electrons. The molecule has 0 aliphatic carbocycles. The van der Waals surface area contributed by atoms with Gasteiger partial charge in [0.25, 0.3) is 0 Å². The third-order valence-corrected chi connectivity index (χ3v) is 5.40. The van der Waals surface area contributed by atoms with Crippen molar-refractivity contribution in [1.29, 1.82) is 0 Å². The molecule has 1 aliphatic heterocycles. The van der Waals surface area contributed by atoms with Crippen molar-refractivity contribution < 1.29 is 12.8 Å². The van der Waals surface area contributed by atoms with Gasteiger partial charge >= 0.3 is 0 Å². The Bertz CT molecular complexity index is 538. The molecule has 2 N–H and O–H groups in total. The molecule has 19 heavy (non-hydrogen) atoms. The number of benzene rings is 1. The summed E-state index contributed by atoms with van der Waals surface area (Å²) in [7, 11) is -3.69. The van der Waals surface area contributed by atoms with E-state index in [1.54, 1.807) is 0 Å². The Morgan fingerprint density at radius 2 is 1.63 bits per heavy atom. The lowest BCUT2D eigenvalue weighted by Gasteiger charge is -2.24. The van der Waals surface area contributed by atoms with Crippen LogP contribution in [0.1, 0.15) is 32.1 Å². The molecule has 1 aromatic rings. The van der Waals surface area contributed by atoms with Crippen LogP contribution in [0.5, 0.6) is 0 Å². The number of nitrogens with two attached hydrogens (primary N) is 1. The van der Waals surface area contributed by atoms with Crippen LogP contribution in [0.4, 0.5) is 10.1 Å². The Morgan fingerprint density at radius 3 is 2.26 bits per heavy atom. The Balaban J connectivity index is 2.32. The minimum atomic E-state index is -3.69. The second kappa shape index (κ2) is 5.88. The number of hydrogen-bond donors (Lipinski definition) is 1. The summed E-state index contributed by atoms with van der Waals surface area (Å²) in [6, 6.07) is 3.91. The van der Waals surface area contributed by atoms with Crippen molar-refractivity contribution in [2.45, 2.75) is 37.0 Å². The Morgan fingerprint density at radius 1 is 1.05 bits per heavy atom. The first-order valence-electron chi connectivity index (χ1n) is 6.57. The highest BCUT2D eigenvalue weighted by Gasteiger charge is 2.27. The summed E-state index contributed by atoms with van der Waals surface area (Å²) in [5.41, 5.74) is 5.28. The molecule has 0 atom stereocenters. The van der Waals surface area contributed by atoms with Gasteiger partial charge in [-0.25, -0.2) is 12.8 Å². The highest BCUT2D eigenvalue weighted by molar-refractivity contribution is 7.89. The fourth-order valence-electron chi connectivity index (χ4n) is 2.34. The zero-order valence-corrected chi connectivity index (χ0v) is 11.6. The van der Waals surface area contributed by atoms with Gasteiger partial charge in [-0.05, 0) is 25.0 Å². The number of sulfonamides is 1. The van der Waals surface area contributed by atoms with Gasteiger partial charge < -0.3 is 5.73 Å². The largest absolute Gasteiger partial charge is 0.395 e. The molecule has 0 bridgehead atoms. The van der Waals surface area contributed by atoms with Crippen molar-refractivity contribution in [2.24, 2.45) is 0 Å². The van der Waals surface area contributed by atoms with Crippen LogP contribution in [0.25, 0.3) is 0 Å². The van der Waals surface area contributed by atoms with Crippen molar-refractivity contribution >= 4 is 15.7 Å². The van der Waals surface area contributed by atoms with Gasteiger partial charge in [0.1, 0.15) is 10.7 Å². The second-order valence-electron chi connectivity index (χ2n) is 4.82. The average molecular weight is 286 g/mol. The SMILES string of the molecule is Nc1c(F)cccc1S(=O)(=O)N1CCCCCCC1. The molecule has 4 nitrogen and oxygen atoms in total. The fraction of sp³-hybridized carbons (Fsp3) is 0.538. The minimum absolute atomic E-state index is 0.118. The summed E-state index contributed by atoms with van der Waals surface area (Å²) in [4.78, 5) is -0.118. The predicted molar refractivity (Wildman–Crippen MR) is 72.7 cm³/mol. The number of halogens is 1. The third kappa shape index (κ3) is 3.06. The fourth-order valence-corrected chi connectivity index (χ4v) is 3.98. The summed E-state index contributed by atoms with van der Waals surface area (Å²) in [6.45, 7) is 0.969. The molecule has 1 aliphatic rings. The summed E-state index contributed by atoms with van der Waals surface area (Å²) in [5, 5.41) is 0. The maximum Gasteiger partial charge on any atom is 0.245 e. The summed E-state index contributed by atoms with van der Waals surface area (Å²) in [5.74, 6) is -0.687. The highest BCUT2D eigenvalue weighted by Crippen LogP contribution is 2.26. The number of para-hydroxylation sites is 1. The van der Waals surface area contributed by atoms with Gasteiger partial charge in [0.15, 0.2) is 0 Å². The maximum absolute atomic E-state index is 13.4. The van der Waals surface area contributed by atoms with Gasteiger partial charge in [0.2, 0.25) is 10.0 Å². The number of nitrogen functional groups attached to an aromatic ring is 1. The third-order valence-electron chi connectivity index (χ3n) is 3.45. The van der Waals surface area contributed by atoms with E-state index in [0.717, 1.165) is 32.1 Å². The number of nitrogens with zero attached hydrogens (tertiary/aromatic N) is 1. The number of anilines is 1. The summed E-state index contributed by atoms with van der Waals surface area (Å²) >= 11 is 0. The summed E-state index contributed by atoms with van der Waals surface area (Å²) in [6.07, 6.45) is 4.90. The first-order chi connectivity index (χ1) is 9.03. The van der Waals surface area contributed by atoms with E-state index in [9.17, 15) is 12.8 Å². The predicted octanol–water partition coefficient (Wildman–Crippen LogP) is 2.36. The van der Waals surface area contributed by atoms with Crippen molar-refractivity contribution in [3.8, 4) is 0 Å². The van der Waals surface area contributed by atoms with Crippen LogP contribution in [0.15, 0.2) is 23.1 Å². The maximum atomic E-state index is 13.4. The lowest BCUT2D eigenvalue weighted by atomic mass is 10.1. The zero-order chi connectivity index (χ0) is 13.9.